The van der Waals surface area contributed by atoms with Crippen LogP contribution in [0.4, 0.5) is 10.1 Å². The van der Waals surface area contributed by atoms with E-state index >= 15 is 0 Å². The van der Waals surface area contributed by atoms with E-state index in [1.54, 1.807) is 12.1 Å². The topological polar surface area (TPSA) is 89.6 Å². The minimum absolute atomic E-state index is 0.198. The Morgan fingerprint density at radius 3 is 2.85 bits per heavy atom. The number of amidine groups is 1. The molecule has 1 aromatic heterocycles. The predicted molar refractivity (Wildman–Crippen MR) is 103 cm³/mol. The predicted octanol–water partition coefficient (Wildman–Crippen LogP) is 3.72. The Bertz CT molecular complexity index is 884. The fraction of sp³-hybridized carbons (Fsp3) is 0.316. The summed E-state index contributed by atoms with van der Waals surface area (Å²) in [6, 6.07) is 6.92. The van der Waals surface area contributed by atoms with Gasteiger partial charge in [-0.1, -0.05) is 11.6 Å². The highest BCUT2D eigenvalue weighted by molar-refractivity contribution is 6.30. The molecule has 0 saturated heterocycles. The fourth-order valence-electron chi connectivity index (χ4n) is 2.84. The van der Waals surface area contributed by atoms with Gasteiger partial charge in [0.2, 0.25) is 0 Å². The molecule has 2 heterocycles. The summed E-state index contributed by atoms with van der Waals surface area (Å²) < 4.78 is 20.2. The minimum atomic E-state index is -0.506. The highest BCUT2D eigenvalue weighted by atomic mass is 35.5. The maximum absolute atomic E-state index is 14.5. The first kappa shape index (κ1) is 19.3. The Hall–Kier alpha value is -2.51. The van der Waals surface area contributed by atoms with Crippen molar-refractivity contribution in [1.82, 2.24) is 4.98 Å². The Morgan fingerprint density at radius 1 is 1.37 bits per heavy atom. The molecule has 0 saturated carbocycles. The number of ether oxygens (including phenoxy) is 1. The number of halogens is 2. The average molecular weight is 391 g/mol. The van der Waals surface area contributed by atoms with Gasteiger partial charge in [0, 0.05) is 23.9 Å². The second-order valence-electron chi connectivity index (χ2n) is 6.94. The lowest BCUT2D eigenvalue weighted by Crippen LogP contribution is -2.28. The lowest BCUT2D eigenvalue weighted by Gasteiger charge is -2.25. The molecule has 0 radical (unpaired) electrons. The van der Waals surface area contributed by atoms with Crippen LogP contribution in [0, 0.1) is 5.82 Å². The zero-order chi connectivity index (χ0) is 19.6. The van der Waals surface area contributed by atoms with Gasteiger partial charge >= 0.3 is 0 Å². The SMILES string of the molecule is CC1(C)C[C@@H](c2cc(NC(=O)c3ccc(Cl)cn3)ccc2F)N=C(N)CO1. The molecular weight excluding hydrogens is 371 g/mol. The number of hydrogen-bond acceptors (Lipinski definition) is 5. The Labute approximate surface area is 161 Å². The smallest absolute Gasteiger partial charge is 0.274 e. The highest BCUT2D eigenvalue weighted by Gasteiger charge is 2.30. The van der Waals surface area contributed by atoms with E-state index < -0.39 is 23.4 Å². The van der Waals surface area contributed by atoms with Crippen molar-refractivity contribution in [3.05, 3.63) is 58.6 Å². The first-order chi connectivity index (χ1) is 12.7. The lowest BCUT2D eigenvalue weighted by molar-refractivity contribution is -0.00172. The number of aliphatic imine (C=N–C) groups is 1. The number of aromatic nitrogens is 1. The van der Waals surface area contributed by atoms with Crippen molar-refractivity contribution in [3.63, 3.8) is 0 Å². The monoisotopic (exact) mass is 390 g/mol. The van der Waals surface area contributed by atoms with Gasteiger partial charge in [-0.3, -0.25) is 9.79 Å². The number of rotatable bonds is 3. The molecule has 0 spiro atoms. The molecule has 0 unspecified atom stereocenters. The van der Waals surface area contributed by atoms with E-state index in [1.165, 1.54) is 24.4 Å². The molecule has 2 aromatic rings. The molecule has 27 heavy (non-hydrogen) atoms. The molecule has 0 aliphatic carbocycles. The Morgan fingerprint density at radius 2 is 2.15 bits per heavy atom. The number of hydrogen-bond donors (Lipinski definition) is 2. The Balaban J connectivity index is 1.86. The number of benzene rings is 1. The van der Waals surface area contributed by atoms with E-state index in [9.17, 15) is 9.18 Å². The third-order valence-electron chi connectivity index (χ3n) is 4.19. The van der Waals surface area contributed by atoms with Crippen LogP contribution in [-0.2, 0) is 4.74 Å². The van der Waals surface area contributed by atoms with Gasteiger partial charge < -0.3 is 15.8 Å². The van der Waals surface area contributed by atoms with Gasteiger partial charge in [0.1, 0.15) is 24.0 Å². The van der Waals surface area contributed by atoms with Gasteiger partial charge in [-0.15, -0.1) is 0 Å². The summed E-state index contributed by atoms with van der Waals surface area (Å²) in [5.74, 6) is -0.529. The van der Waals surface area contributed by atoms with Crippen LogP contribution in [0.1, 0.15) is 42.4 Å². The summed E-state index contributed by atoms with van der Waals surface area (Å²) >= 11 is 5.78. The zero-order valence-corrected chi connectivity index (χ0v) is 15.8. The number of nitrogens with zero attached hydrogens (tertiary/aromatic N) is 2. The Kier molecular flexibility index (Phi) is 5.43. The van der Waals surface area contributed by atoms with Crippen molar-refractivity contribution < 1.29 is 13.9 Å². The number of carbonyl (C=O) groups excluding carboxylic acids is 1. The van der Waals surface area contributed by atoms with Gasteiger partial charge in [0.05, 0.1) is 16.7 Å². The summed E-state index contributed by atoms with van der Waals surface area (Å²) in [5, 5.41) is 3.14. The number of nitrogens with two attached hydrogens (primary N) is 1. The third-order valence-corrected chi connectivity index (χ3v) is 4.41. The number of carbonyl (C=O) groups is 1. The molecule has 8 heteroatoms. The van der Waals surface area contributed by atoms with Gasteiger partial charge in [-0.25, -0.2) is 9.37 Å². The van der Waals surface area contributed by atoms with Crippen molar-refractivity contribution in [3.8, 4) is 0 Å². The standard InChI is InChI=1S/C19H20ClFN4O2/c1-19(2)8-16(25-17(22)10-27-19)13-7-12(4-5-14(13)21)24-18(26)15-6-3-11(20)9-23-15/h3-7,9,16H,8,10H2,1-2H3,(H2,22,25)(H,24,26)/t16-/m0/s1. The van der Waals surface area contributed by atoms with Gasteiger partial charge in [0.15, 0.2) is 0 Å². The highest BCUT2D eigenvalue weighted by Crippen LogP contribution is 2.34. The van der Waals surface area contributed by atoms with Gasteiger partial charge in [0.25, 0.3) is 5.91 Å². The number of amides is 1. The molecule has 0 bridgehead atoms. The van der Waals surface area contributed by atoms with Gasteiger partial charge in [-0.2, -0.15) is 0 Å². The molecule has 1 aromatic carbocycles. The third kappa shape index (κ3) is 4.81. The van der Waals surface area contributed by atoms with E-state index in [1.807, 2.05) is 13.8 Å². The van der Waals surface area contributed by atoms with Crippen LogP contribution in [0.15, 0.2) is 41.5 Å². The molecule has 6 nitrogen and oxygen atoms in total. The van der Waals surface area contributed by atoms with E-state index in [-0.39, 0.29) is 12.3 Å². The van der Waals surface area contributed by atoms with Crippen LogP contribution >= 0.6 is 11.6 Å². The summed E-state index contributed by atoms with van der Waals surface area (Å²) in [4.78, 5) is 20.7. The summed E-state index contributed by atoms with van der Waals surface area (Å²) in [5.41, 5.74) is 6.33. The largest absolute Gasteiger partial charge is 0.386 e. The van der Waals surface area contributed by atoms with Crippen molar-refractivity contribution in [2.45, 2.75) is 31.9 Å². The van der Waals surface area contributed by atoms with Crippen LogP contribution in [0.3, 0.4) is 0 Å². The van der Waals surface area contributed by atoms with Crippen LogP contribution in [0.25, 0.3) is 0 Å². The van der Waals surface area contributed by atoms with Crippen LogP contribution < -0.4 is 11.1 Å². The molecule has 3 N–H and O–H groups in total. The van der Waals surface area contributed by atoms with E-state index in [0.29, 0.717) is 28.5 Å². The summed E-state index contributed by atoms with van der Waals surface area (Å²) in [6.45, 7) is 4.01. The average Bonchev–Trinajstić information content (AvgIpc) is 2.75. The van der Waals surface area contributed by atoms with Crippen molar-refractivity contribution in [2.24, 2.45) is 10.7 Å². The van der Waals surface area contributed by atoms with Crippen LogP contribution in [0.2, 0.25) is 5.02 Å². The zero-order valence-electron chi connectivity index (χ0n) is 15.0. The molecule has 142 valence electrons. The second kappa shape index (κ2) is 7.62. The number of anilines is 1. The lowest BCUT2D eigenvalue weighted by atomic mass is 9.93. The number of pyridine rings is 1. The molecular formula is C19H20ClFN4O2. The molecule has 1 amide bonds. The molecule has 1 aliphatic heterocycles. The second-order valence-corrected chi connectivity index (χ2v) is 7.38. The van der Waals surface area contributed by atoms with Gasteiger partial charge in [-0.05, 0) is 44.2 Å². The van der Waals surface area contributed by atoms with E-state index in [0.717, 1.165) is 0 Å². The normalized spacial score (nSPS) is 19.1. The van der Waals surface area contributed by atoms with Crippen LogP contribution in [0.5, 0.6) is 0 Å². The van der Waals surface area contributed by atoms with Crippen molar-refractivity contribution in [1.29, 1.82) is 0 Å². The maximum Gasteiger partial charge on any atom is 0.274 e. The summed E-state index contributed by atoms with van der Waals surface area (Å²) in [6.07, 6.45) is 1.85. The molecule has 3 rings (SSSR count). The van der Waals surface area contributed by atoms with E-state index in [4.69, 9.17) is 22.1 Å². The van der Waals surface area contributed by atoms with Crippen molar-refractivity contribution in [2.75, 3.05) is 11.9 Å². The minimum Gasteiger partial charge on any atom is -0.386 e. The molecule has 1 atom stereocenters. The molecule has 1 aliphatic rings. The quantitative estimate of drug-likeness (QED) is 0.835. The molecule has 0 fully saturated rings. The van der Waals surface area contributed by atoms with Crippen molar-refractivity contribution >= 4 is 29.0 Å². The van der Waals surface area contributed by atoms with Crippen LogP contribution in [-0.4, -0.2) is 28.9 Å². The fourth-order valence-corrected chi connectivity index (χ4v) is 2.95. The summed E-state index contributed by atoms with van der Waals surface area (Å²) in [7, 11) is 0. The maximum atomic E-state index is 14.5. The van der Waals surface area contributed by atoms with E-state index in [2.05, 4.69) is 15.3 Å². The number of nitrogens with one attached hydrogen (secondary N) is 1. The first-order valence-electron chi connectivity index (χ1n) is 8.42. The first-order valence-corrected chi connectivity index (χ1v) is 8.80.